The number of nitrogens with one attached hydrogen (secondary N) is 2. The van der Waals surface area contributed by atoms with Gasteiger partial charge in [-0.25, -0.2) is 17.2 Å². The van der Waals surface area contributed by atoms with E-state index in [1.165, 1.54) is 6.20 Å². The molecule has 2 aromatic rings. The average Bonchev–Trinajstić information content (AvgIpc) is 2.51. The number of hydrogen-bond donors (Lipinski definition) is 2. The number of rotatable bonds is 7. The number of benzene rings is 1. The van der Waals surface area contributed by atoms with Gasteiger partial charge in [0, 0.05) is 24.5 Å². The van der Waals surface area contributed by atoms with Crippen molar-refractivity contribution < 1.29 is 17.2 Å². The molecule has 1 heterocycles. The summed E-state index contributed by atoms with van der Waals surface area (Å²) in [5.41, 5.74) is 0.0941. The van der Waals surface area contributed by atoms with Crippen LogP contribution < -0.4 is 10.0 Å². The first-order valence-electron chi connectivity index (χ1n) is 7.04. The number of anilines is 2. The summed E-state index contributed by atoms with van der Waals surface area (Å²) in [4.78, 5) is 3.89. The van der Waals surface area contributed by atoms with Crippen LogP contribution in [-0.4, -0.2) is 19.2 Å². The van der Waals surface area contributed by atoms with E-state index < -0.39 is 21.7 Å². The minimum atomic E-state index is -3.65. The van der Waals surface area contributed by atoms with Gasteiger partial charge in [0.2, 0.25) is 10.0 Å². The van der Waals surface area contributed by atoms with Crippen LogP contribution in [0.4, 0.5) is 20.2 Å². The molecule has 1 aromatic heterocycles. The van der Waals surface area contributed by atoms with E-state index in [0.717, 1.165) is 12.1 Å². The highest BCUT2D eigenvalue weighted by molar-refractivity contribution is 7.92. The predicted molar refractivity (Wildman–Crippen MR) is 85.6 cm³/mol. The molecule has 0 spiro atoms. The lowest BCUT2D eigenvalue weighted by atomic mass is 10.1. The van der Waals surface area contributed by atoms with Crippen LogP contribution in [0, 0.1) is 11.6 Å². The molecule has 0 fully saturated rings. The SMILES string of the molecule is CCCS(=O)(=O)Nc1ccc(F)c(CNc2cccnc2)c1F. The Kier molecular flexibility index (Phi) is 5.49. The molecule has 2 rings (SSSR count). The highest BCUT2D eigenvalue weighted by Crippen LogP contribution is 2.23. The third-order valence-electron chi connectivity index (χ3n) is 3.06. The van der Waals surface area contributed by atoms with Crippen molar-refractivity contribution in [3.05, 3.63) is 53.9 Å². The normalized spacial score (nSPS) is 11.3. The summed E-state index contributed by atoms with van der Waals surface area (Å²) < 4.78 is 53.8. The number of sulfonamides is 1. The van der Waals surface area contributed by atoms with Crippen molar-refractivity contribution in [1.29, 1.82) is 0 Å². The maximum Gasteiger partial charge on any atom is 0.232 e. The predicted octanol–water partition coefficient (Wildman–Crippen LogP) is 3.12. The molecular weight excluding hydrogens is 324 g/mol. The first-order valence-corrected chi connectivity index (χ1v) is 8.69. The zero-order valence-corrected chi connectivity index (χ0v) is 13.3. The van der Waals surface area contributed by atoms with Gasteiger partial charge in [0.1, 0.15) is 5.82 Å². The van der Waals surface area contributed by atoms with Crippen LogP contribution in [0.25, 0.3) is 0 Å². The van der Waals surface area contributed by atoms with Gasteiger partial charge in [-0.1, -0.05) is 6.92 Å². The summed E-state index contributed by atoms with van der Waals surface area (Å²) in [5.74, 6) is -1.81. The van der Waals surface area contributed by atoms with Crippen LogP contribution in [0.2, 0.25) is 0 Å². The number of nitrogens with zero attached hydrogens (tertiary/aromatic N) is 1. The molecule has 0 saturated heterocycles. The topological polar surface area (TPSA) is 71.1 Å². The molecule has 0 aliphatic rings. The number of hydrogen-bond acceptors (Lipinski definition) is 4. The monoisotopic (exact) mass is 341 g/mol. The fourth-order valence-corrected chi connectivity index (χ4v) is 3.12. The molecule has 0 radical (unpaired) electrons. The fraction of sp³-hybridized carbons (Fsp3) is 0.267. The van der Waals surface area contributed by atoms with E-state index in [1.807, 2.05) is 0 Å². The maximum absolute atomic E-state index is 14.4. The van der Waals surface area contributed by atoms with Crippen LogP contribution in [0.1, 0.15) is 18.9 Å². The van der Waals surface area contributed by atoms with Crippen molar-refractivity contribution in [3.63, 3.8) is 0 Å². The molecule has 0 aliphatic carbocycles. The molecule has 1 aromatic carbocycles. The van der Waals surface area contributed by atoms with Gasteiger partial charge in [-0.15, -0.1) is 0 Å². The van der Waals surface area contributed by atoms with Crippen molar-refractivity contribution >= 4 is 21.4 Å². The van der Waals surface area contributed by atoms with Crippen LogP contribution in [0.5, 0.6) is 0 Å². The number of pyridine rings is 1. The molecule has 0 bridgehead atoms. The van der Waals surface area contributed by atoms with Gasteiger partial charge in [0.15, 0.2) is 5.82 Å². The van der Waals surface area contributed by atoms with Crippen molar-refractivity contribution in [3.8, 4) is 0 Å². The molecule has 0 amide bonds. The van der Waals surface area contributed by atoms with Gasteiger partial charge < -0.3 is 5.32 Å². The van der Waals surface area contributed by atoms with Gasteiger partial charge in [-0.2, -0.15) is 0 Å². The fourth-order valence-electron chi connectivity index (χ4n) is 1.98. The van der Waals surface area contributed by atoms with Gasteiger partial charge in [-0.3, -0.25) is 9.71 Å². The van der Waals surface area contributed by atoms with Crippen molar-refractivity contribution in [2.24, 2.45) is 0 Å². The lowest BCUT2D eigenvalue weighted by Gasteiger charge is -2.13. The van der Waals surface area contributed by atoms with E-state index in [4.69, 9.17) is 0 Å². The summed E-state index contributed by atoms with van der Waals surface area (Å²) in [7, 11) is -3.65. The first-order chi connectivity index (χ1) is 10.9. The summed E-state index contributed by atoms with van der Waals surface area (Å²) in [6.45, 7) is 1.57. The molecule has 23 heavy (non-hydrogen) atoms. The highest BCUT2D eigenvalue weighted by Gasteiger charge is 2.17. The molecule has 0 unspecified atom stereocenters. The van der Waals surface area contributed by atoms with Gasteiger partial charge in [0.05, 0.1) is 17.1 Å². The third kappa shape index (κ3) is 4.62. The summed E-state index contributed by atoms with van der Waals surface area (Å²) in [5, 5.41) is 2.84. The Bertz CT molecular complexity index is 768. The third-order valence-corrected chi connectivity index (χ3v) is 4.53. The standard InChI is InChI=1S/C15H17F2N3O2S/c1-2-8-23(21,22)20-14-6-5-13(16)12(15(14)17)10-19-11-4-3-7-18-9-11/h3-7,9,19-20H,2,8,10H2,1H3. The van der Waals surface area contributed by atoms with Gasteiger partial charge in [0.25, 0.3) is 0 Å². The Morgan fingerprint density at radius 1 is 1.22 bits per heavy atom. The largest absolute Gasteiger partial charge is 0.379 e. The minimum absolute atomic E-state index is 0.132. The summed E-state index contributed by atoms with van der Waals surface area (Å²) in [6.07, 6.45) is 3.49. The van der Waals surface area contributed by atoms with Crippen LogP contribution in [0.3, 0.4) is 0 Å². The Morgan fingerprint density at radius 3 is 2.65 bits per heavy atom. The van der Waals surface area contributed by atoms with Crippen molar-refractivity contribution in [2.45, 2.75) is 19.9 Å². The van der Waals surface area contributed by atoms with Gasteiger partial charge in [-0.05, 0) is 30.7 Å². The first kappa shape index (κ1) is 17.1. The molecule has 2 N–H and O–H groups in total. The van der Waals surface area contributed by atoms with E-state index in [0.29, 0.717) is 12.1 Å². The molecule has 0 saturated carbocycles. The van der Waals surface area contributed by atoms with Crippen LogP contribution in [-0.2, 0) is 16.6 Å². The van der Waals surface area contributed by atoms with E-state index in [2.05, 4.69) is 15.0 Å². The lowest BCUT2D eigenvalue weighted by Crippen LogP contribution is -2.18. The smallest absolute Gasteiger partial charge is 0.232 e. The minimum Gasteiger partial charge on any atom is -0.379 e. The Labute approximate surface area is 133 Å². The second-order valence-electron chi connectivity index (χ2n) is 4.90. The van der Waals surface area contributed by atoms with E-state index in [-0.39, 0.29) is 23.5 Å². The van der Waals surface area contributed by atoms with Crippen molar-refractivity contribution in [2.75, 3.05) is 15.8 Å². The highest BCUT2D eigenvalue weighted by atomic mass is 32.2. The molecule has 124 valence electrons. The molecule has 0 aliphatic heterocycles. The Hall–Kier alpha value is -2.22. The Morgan fingerprint density at radius 2 is 2.00 bits per heavy atom. The molecule has 5 nitrogen and oxygen atoms in total. The zero-order valence-electron chi connectivity index (χ0n) is 12.5. The van der Waals surface area contributed by atoms with Crippen LogP contribution >= 0.6 is 0 Å². The quantitative estimate of drug-likeness (QED) is 0.812. The average molecular weight is 341 g/mol. The second-order valence-corrected chi connectivity index (χ2v) is 6.75. The molecule has 8 heteroatoms. The molecular formula is C15H17F2N3O2S. The van der Waals surface area contributed by atoms with Crippen molar-refractivity contribution in [1.82, 2.24) is 4.98 Å². The summed E-state index contributed by atoms with van der Waals surface area (Å²) >= 11 is 0. The van der Waals surface area contributed by atoms with Gasteiger partial charge >= 0.3 is 0 Å². The summed E-state index contributed by atoms with van der Waals surface area (Å²) in [6, 6.07) is 5.50. The number of halogens is 2. The Balaban J connectivity index is 2.21. The zero-order chi connectivity index (χ0) is 16.9. The van der Waals surface area contributed by atoms with Crippen LogP contribution in [0.15, 0.2) is 36.7 Å². The lowest BCUT2D eigenvalue weighted by molar-refractivity contribution is 0.561. The number of aromatic nitrogens is 1. The maximum atomic E-state index is 14.4. The van der Waals surface area contributed by atoms with E-state index in [9.17, 15) is 17.2 Å². The second kappa shape index (κ2) is 7.36. The van der Waals surface area contributed by atoms with E-state index in [1.54, 1.807) is 25.3 Å². The molecule has 0 atom stereocenters. The van der Waals surface area contributed by atoms with E-state index >= 15 is 0 Å².